The Morgan fingerprint density at radius 2 is 1.57 bits per heavy atom. The monoisotopic (exact) mass is 627 g/mol. The summed E-state index contributed by atoms with van der Waals surface area (Å²) in [5.74, 6) is -1.44. The fraction of sp³-hybridized carbons (Fsp3) is 0.364. The first kappa shape index (κ1) is 32.2. The molecule has 1 aliphatic heterocycles. The number of likely N-dealkylation sites (tertiary alicyclic amines) is 1. The molecule has 4 aromatic rings. The van der Waals surface area contributed by atoms with E-state index in [1.54, 1.807) is 94.7 Å². The molecule has 13 heteroatoms. The highest BCUT2D eigenvalue weighted by Crippen LogP contribution is 2.32. The van der Waals surface area contributed by atoms with Crippen molar-refractivity contribution in [2.24, 2.45) is 0 Å². The predicted octanol–water partition coefficient (Wildman–Crippen LogP) is 4.02. The van der Waals surface area contributed by atoms with Gasteiger partial charge in [0.2, 0.25) is 0 Å². The number of carbonyl (C=O) groups is 4. The van der Waals surface area contributed by atoms with Crippen LogP contribution in [0.1, 0.15) is 60.9 Å². The van der Waals surface area contributed by atoms with Crippen molar-refractivity contribution in [1.82, 2.24) is 29.7 Å². The predicted molar refractivity (Wildman–Crippen MR) is 169 cm³/mol. The molecule has 0 aliphatic carbocycles. The molecule has 1 saturated heterocycles. The highest BCUT2D eigenvalue weighted by atomic mass is 16.6. The molecule has 0 spiro atoms. The maximum absolute atomic E-state index is 13.8. The van der Waals surface area contributed by atoms with Crippen molar-refractivity contribution in [2.75, 3.05) is 31.1 Å². The number of hydrogen-bond donors (Lipinski definition) is 1. The van der Waals surface area contributed by atoms with Gasteiger partial charge in [0.15, 0.2) is 17.0 Å². The highest BCUT2D eigenvalue weighted by Gasteiger charge is 2.39. The topological polar surface area (TPSA) is 149 Å². The molecule has 2 aromatic carbocycles. The maximum atomic E-state index is 13.8. The zero-order valence-corrected chi connectivity index (χ0v) is 26.3. The fourth-order valence-corrected chi connectivity index (χ4v) is 5.40. The molecule has 1 N–H and O–H groups in total. The van der Waals surface area contributed by atoms with E-state index < -0.39 is 29.6 Å². The second-order valence-electron chi connectivity index (χ2n) is 11.8. The van der Waals surface area contributed by atoms with Gasteiger partial charge in [-0.15, -0.1) is 0 Å². The third-order valence-electron chi connectivity index (χ3n) is 7.40. The molecular weight excluding hydrogens is 590 g/mol. The lowest BCUT2D eigenvalue weighted by atomic mass is 10.1. The van der Waals surface area contributed by atoms with Crippen LogP contribution in [0.15, 0.2) is 73.3 Å². The first-order chi connectivity index (χ1) is 22.1. The van der Waals surface area contributed by atoms with Crippen LogP contribution >= 0.6 is 0 Å². The second-order valence-corrected chi connectivity index (χ2v) is 11.8. The lowest BCUT2D eigenvalue weighted by Crippen LogP contribution is -2.42. The summed E-state index contributed by atoms with van der Waals surface area (Å²) in [7, 11) is 0. The van der Waals surface area contributed by atoms with Crippen molar-refractivity contribution in [1.29, 1.82) is 0 Å². The molecule has 2 atom stereocenters. The summed E-state index contributed by atoms with van der Waals surface area (Å²) in [5, 5.41) is 2.74. The number of rotatable bonds is 9. The third-order valence-corrected chi connectivity index (χ3v) is 7.40. The van der Waals surface area contributed by atoms with E-state index in [0.29, 0.717) is 36.3 Å². The Morgan fingerprint density at radius 1 is 0.935 bits per heavy atom. The van der Waals surface area contributed by atoms with E-state index in [0.717, 1.165) is 4.90 Å². The number of imide groups is 1. The van der Waals surface area contributed by atoms with Gasteiger partial charge in [-0.25, -0.2) is 24.6 Å². The summed E-state index contributed by atoms with van der Waals surface area (Å²) in [5.41, 5.74) is 0.641. The molecule has 0 bridgehead atoms. The molecule has 5 rings (SSSR count). The van der Waals surface area contributed by atoms with Crippen LogP contribution in [-0.2, 0) is 14.3 Å². The molecule has 46 heavy (non-hydrogen) atoms. The second kappa shape index (κ2) is 13.9. The Balaban J connectivity index is 1.45. The van der Waals surface area contributed by atoms with E-state index in [1.807, 2.05) is 9.47 Å². The van der Waals surface area contributed by atoms with Crippen molar-refractivity contribution in [3.05, 3.63) is 84.4 Å². The van der Waals surface area contributed by atoms with E-state index in [9.17, 15) is 19.2 Å². The zero-order valence-electron chi connectivity index (χ0n) is 26.3. The van der Waals surface area contributed by atoms with E-state index >= 15 is 0 Å². The van der Waals surface area contributed by atoms with Crippen molar-refractivity contribution < 1.29 is 28.7 Å². The van der Waals surface area contributed by atoms with Gasteiger partial charge in [-0.2, -0.15) is 0 Å². The SMILES string of the molecule is CCOC(=O)[C@@H]1C[C@H](n2cnc3c(N(C(=O)c4ccccc4)C(=O)c4ccccc4)ncnc32)CN1CCNC(=O)OC(C)(C)C. The normalized spacial score (nSPS) is 16.6. The van der Waals surface area contributed by atoms with Crippen LogP contribution in [0.3, 0.4) is 0 Å². The van der Waals surface area contributed by atoms with Crippen molar-refractivity contribution >= 4 is 40.9 Å². The van der Waals surface area contributed by atoms with Gasteiger partial charge in [-0.05, 0) is 58.4 Å². The van der Waals surface area contributed by atoms with Crippen LogP contribution in [0.5, 0.6) is 0 Å². The van der Waals surface area contributed by atoms with Gasteiger partial charge in [-0.3, -0.25) is 19.3 Å². The van der Waals surface area contributed by atoms with Crippen LogP contribution in [0.4, 0.5) is 10.6 Å². The number of imidazole rings is 1. The summed E-state index contributed by atoms with van der Waals surface area (Å²) in [6.45, 7) is 8.40. The first-order valence-corrected chi connectivity index (χ1v) is 15.1. The summed E-state index contributed by atoms with van der Waals surface area (Å²) in [6, 6.07) is 16.1. The molecule has 0 unspecified atom stereocenters. The molecule has 0 radical (unpaired) electrons. The zero-order chi connectivity index (χ0) is 32.8. The van der Waals surface area contributed by atoms with Gasteiger partial charge in [-0.1, -0.05) is 36.4 Å². The molecule has 1 aliphatic rings. The summed E-state index contributed by atoms with van der Waals surface area (Å²) >= 11 is 0. The Kier molecular flexibility index (Phi) is 9.71. The maximum Gasteiger partial charge on any atom is 0.407 e. The Morgan fingerprint density at radius 3 is 2.15 bits per heavy atom. The van der Waals surface area contributed by atoms with Gasteiger partial charge in [0.25, 0.3) is 11.8 Å². The van der Waals surface area contributed by atoms with Gasteiger partial charge in [0, 0.05) is 30.8 Å². The van der Waals surface area contributed by atoms with E-state index in [1.165, 1.54) is 6.33 Å². The van der Waals surface area contributed by atoms with Gasteiger partial charge in [0.05, 0.1) is 19.0 Å². The highest BCUT2D eigenvalue weighted by molar-refractivity contribution is 6.27. The van der Waals surface area contributed by atoms with Crippen molar-refractivity contribution in [3.63, 3.8) is 0 Å². The number of aromatic nitrogens is 4. The average molecular weight is 628 g/mol. The quantitative estimate of drug-likeness (QED) is 0.213. The molecule has 2 aromatic heterocycles. The first-order valence-electron chi connectivity index (χ1n) is 15.1. The number of nitrogens with zero attached hydrogens (tertiary/aromatic N) is 6. The van der Waals surface area contributed by atoms with E-state index in [4.69, 9.17) is 9.47 Å². The number of fused-ring (bicyclic) bond motifs is 1. The number of benzene rings is 2. The summed E-state index contributed by atoms with van der Waals surface area (Å²) < 4.78 is 12.5. The number of esters is 1. The van der Waals surface area contributed by atoms with Crippen LogP contribution in [0, 0.1) is 0 Å². The summed E-state index contributed by atoms with van der Waals surface area (Å²) in [4.78, 5) is 69.2. The lowest BCUT2D eigenvalue weighted by Gasteiger charge is -2.23. The number of ether oxygens (including phenoxy) is 2. The fourth-order valence-electron chi connectivity index (χ4n) is 5.40. The number of nitrogens with one attached hydrogen (secondary N) is 1. The van der Waals surface area contributed by atoms with Gasteiger partial charge < -0.3 is 19.4 Å². The average Bonchev–Trinajstić information content (AvgIpc) is 3.66. The van der Waals surface area contributed by atoms with Gasteiger partial charge in [0.1, 0.15) is 18.0 Å². The van der Waals surface area contributed by atoms with Gasteiger partial charge >= 0.3 is 12.1 Å². The smallest absolute Gasteiger partial charge is 0.407 e. The van der Waals surface area contributed by atoms with Crippen LogP contribution in [0.25, 0.3) is 11.2 Å². The van der Waals surface area contributed by atoms with Crippen LogP contribution < -0.4 is 10.2 Å². The number of amides is 3. The van der Waals surface area contributed by atoms with Crippen LogP contribution in [-0.4, -0.2) is 86.2 Å². The summed E-state index contributed by atoms with van der Waals surface area (Å²) in [6.07, 6.45) is 2.72. The molecule has 1 fully saturated rings. The molecule has 3 heterocycles. The number of alkyl carbamates (subject to hydrolysis) is 1. The van der Waals surface area contributed by atoms with E-state index in [2.05, 4.69) is 20.3 Å². The van der Waals surface area contributed by atoms with Crippen molar-refractivity contribution in [3.8, 4) is 0 Å². The minimum absolute atomic E-state index is 0.0461. The number of anilines is 1. The van der Waals surface area contributed by atoms with Crippen LogP contribution in [0.2, 0.25) is 0 Å². The van der Waals surface area contributed by atoms with Crippen molar-refractivity contribution in [2.45, 2.75) is 51.8 Å². The molecule has 3 amide bonds. The molecule has 13 nitrogen and oxygen atoms in total. The Labute approximate surface area is 266 Å². The third kappa shape index (κ3) is 7.20. The largest absolute Gasteiger partial charge is 0.465 e. The minimum atomic E-state index is -0.632. The lowest BCUT2D eigenvalue weighted by molar-refractivity contribution is -0.148. The molecule has 240 valence electrons. The Hall–Kier alpha value is -5.17. The molecular formula is C33H37N7O6. The standard InChI is InChI=1S/C33H37N7O6/c1-5-45-31(43)25-18-24(19-38(25)17-16-34-32(44)46-33(2,3)4)39-21-37-26-27(39)35-20-36-28(26)40(29(41)22-12-8-6-9-13-22)30(42)23-14-10-7-11-15-23/h6-15,20-21,24-25H,5,16-19H2,1-4H3,(H,34,44)/t24-,25-/m0/s1. The number of carbonyl (C=O) groups excluding carboxylic acids is 4. The molecule has 0 saturated carbocycles. The van der Waals surface area contributed by atoms with E-state index in [-0.39, 0.29) is 36.5 Å². The minimum Gasteiger partial charge on any atom is -0.465 e. The number of hydrogen-bond acceptors (Lipinski definition) is 10. The Bertz CT molecular complexity index is 1650.